The third-order valence-electron chi connectivity index (χ3n) is 3.50. The minimum atomic E-state index is 0.219. The van der Waals surface area contributed by atoms with Gasteiger partial charge in [-0.05, 0) is 55.1 Å². The molecule has 0 aliphatic heterocycles. The highest BCUT2D eigenvalue weighted by molar-refractivity contribution is 5.37. The molecule has 0 spiro atoms. The lowest BCUT2D eigenvalue weighted by Gasteiger charge is -2.20. The first-order valence-electron chi connectivity index (χ1n) is 6.84. The van der Waals surface area contributed by atoms with Gasteiger partial charge < -0.3 is 5.32 Å². The van der Waals surface area contributed by atoms with Crippen LogP contribution in [-0.2, 0) is 0 Å². The summed E-state index contributed by atoms with van der Waals surface area (Å²) in [5.74, 6) is 0. The average Bonchev–Trinajstić information content (AvgIpc) is 2.39. The molecule has 1 heterocycles. The molecule has 0 radical (unpaired) electrons. The SMILES string of the molecule is CCNC(c1cncc(C)c1)c1ccc(C)c(C)c1. The predicted octanol–water partition coefficient (Wildman–Crippen LogP) is 3.71. The van der Waals surface area contributed by atoms with Crippen molar-refractivity contribution < 1.29 is 0 Å². The summed E-state index contributed by atoms with van der Waals surface area (Å²) in [6.07, 6.45) is 3.85. The second kappa shape index (κ2) is 5.98. The van der Waals surface area contributed by atoms with Crippen molar-refractivity contribution in [2.45, 2.75) is 33.7 Å². The fourth-order valence-electron chi connectivity index (χ4n) is 2.31. The van der Waals surface area contributed by atoms with Crippen LogP contribution in [0.3, 0.4) is 0 Å². The summed E-state index contributed by atoms with van der Waals surface area (Å²) in [7, 11) is 0. The highest BCUT2D eigenvalue weighted by Gasteiger charge is 2.13. The van der Waals surface area contributed by atoms with E-state index in [1.807, 2.05) is 12.4 Å². The highest BCUT2D eigenvalue weighted by atomic mass is 14.9. The fourth-order valence-corrected chi connectivity index (χ4v) is 2.31. The zero-order valence-corrected chi connectivity index (χ0v) is 12.2. The van der Waals surface area contributed by atoms with Crippen LogP contribution in [-0.4, -0.2) is 11.5 Å². The van der Waals surface area contributed by atoms with Gasteiger partial charge in [0.15, 0.2) is 0 Å². The number of pyridine rings is 1. The first-order valence-corrected chi connectivity index (χ1v) is 6.84. The van der Waals surface area contributed by atoms with Gasteiger partial charge in [-0.25, -0.2) is 0 Å². The van der Waals surface area contributed by atoms with Gasteiger partial charge in [0.05, 0.1) is 6.04 Å². The van der Waals surface area contributed by atoms with Gasteiger partial charge in [-0.3, -0.25) is 4.98 Å². The van der Waals surface area contributed by atoms with E-state index < -0.39 is 0 Å². The standard InChI is InChI=1S/C17H22N2/c1-5-19-17(16-8-12(2)10-18-11-16)15-7-6-13(3)14(4)9-15/h6-11,17,19H,5H2,1-4H3. The minimum absolute atomic E-state index is 0.219. The average molecular weight is 254 g/mol. The molecule has 100 valence electrons. The quantitative estimate of drug-likeness (QED) is 0.899. The molecule has 0 saturated carbocycles. The Kier molecular flexibility index (Phi) is 4.33. The maximum Gasteiger partial charge on any atom is 0.0592 e. The van der Waals surface area contributed by atoms with E-state index in [1.165, 1.54) is 27.8 Å². The van der Waals surface area contributed by atoms with Crippen molar-refractivity contribution >= 4 is 0 Å². The van der Waals surface area contributed by atoms with Crippen molar-refractivity contribution in [3.05, 3.63) is 64.5 Å². The van der Waals surface area contributed by atoms with E-state index in [0.717, 1.165) is 6.54 Å². The van der Waals surface area contributed by atoms with Gasteiger partial charge in [-0.1, -0.05) is 31.2 Å². The van der Waals surface area contributed by atoms with Crippen LogP contribution in [0, 0.1) is 20.8 Å². The van der Waals surface area contributed by atoms with Crippen LogP contribution in [0.2, 0.25) is 0 Å². The fraction of sp³-hybridized carbons (Fsp3) is 0.353. The van der Waals surface area contributed by atoms with E-state index in [4.69, 9.17) is 0 Å². The van der Waals surface area contributed by atoms with E-state index in [-0.39, 0.29) is 6.04 Å². The number of nitrogens with one attached hydrogen (secondary N) is 1. The normalized spacial score (nSPS) is 12.4. The molecule has 0 aliphatic carbocycles. The Morgan fingerprint density at radius 1 is 1.00 bits per heavy atom. The van der Waals surface area contributed by atoms with Gasteiger partial charge in [0.1, 0.15) is 0 Å². The van der Waals surface area contributed by atoms with Crippen molar-refractivity contribution in [3.63, 3.8) is 0 Å². The molecule has 0 bridgehead atoms. The lowest BCUT2D eigenvalue weighted by Crippen LogP contribution is -2.22. The summed E-state index contributed by atoms with van der Waals surface area (Å²) in [6.45, 7) is 9.47. The van der Waals surface area contributed by atoms with Crippen LogP contribution < -0.4 is 5.32 Å². The zero-order valence-electron chi connectivity index (χ0n) is 12.2. The summed E-state index contributed by atoms with van der Waals surface area (Å²) >= 11 is 0. The number of nitrogens with zero attached hydrogens (tertiary/aromatic N) is 1. The lowest BCUT2D eigenvalue weighted by atomic mass is 9.96. The molecule has 2 aromatic rings. The molecule has 0 fully saturated rings. The number of rotatable bonds is 4. The van der Waals surface area contributed by atoms with Crippen molar-refractivity contribution in [2.24, 2.45) is 0 Å². The van der Waals surface area contributed by atoms with Gasteiger partial charge in [0, 0.05) is 12.4 Å². The number of hydrogen-bond donors (Lipinski definition) is 1. The van der Waals surface area contributed by atoms with E-state index in [0.29, 0.717) is 0 Å². The molecule has 2 rings (SSSR count). The topological polar surface area (TPSA) is 24.9 Å². The summed E-state index contributed by atoms with van der Waals surface area (Å²) in [5, 5.41) is 3.55. The van der Waals surface area contributed by atoms with Gasteiger partial charge >= 0.3 is 0 Å². The second-order valence-corrected chi connectivity index (χ2v) is 5.13. The molecule has 19 heavy (non-hydrogen) atoms. The van der Waals surface area contributed by atoms with Crippen molar-refractivity contribution in [1.82, 2.24) is 10.3 Å². The largest absolute Gasteiger partial charge is 0.306 e. The van der Waals surface area contributed by atoms with E-state index in [9.17, 15) is 0 Å². The smallest absolute Gasteiger partial charge is 0.0592 e. The molecule has 0 amide bonds. The van der Waals surface area contributed by atoms with Crippen LogP contribution in [0.1, 0.15) is 40.8 Å². The summed E-state index contributed by atoms with van der Waals surface area (Å²) < 4.78 is 0. The molecule has 2 nitrogen and oxygen atoms in total. The van der Waals surface area contributed by atoms with Gasteiger partial charge in [-0.2, -0.15) is 0 Å². The molecule has 1 N–H and O–H groups in total. The zero-order chi connectivity index (χ0) is 13.8. The Hall–Kier alpha value is -1.67. The molecule has 0 saturated heterocycles. The Morgan fingerprint density at radius 3 is 2.42 bits per heavy atom. The van der Waals surface area contributed by atoms with Gasteiger partial charge in [0.2, 0.25) is 0 Å². The van der Waals surface area contributed by atoms with Crippen molar-refractivity contribution in [2.75, 3.05) is 6.54 Å². The van der Waals surface area contributed by atoms with E-state index in [2.05, 4.69) is 62.3 Å². The Bertz CT molecular complexity index is 561. The molecule has 1 unspecified atom stereocenters. The van der Waals surface area contributed by atoms with Gasteiger partial charge in [-0.15, -0.1) is 0 Å². The molecule has 1 atom stereocenters. The Morgan fingerprint density at radius 2 is 1.79 bits per heavy atom. The first-order chi connectivity index (χ1) is 9.11. The molecule has 2 heteroatoms. The number of aryl methyl sites for hydroxylation is 3. The first kappa shape index (κ1) is 13.8. The Balaban J connectivity index is 2.42. The summed E-state index contributed by atoms with van der Waals surface area (Å²) in [5.41, 5.74) is 6.40. The maximum absolute atomic E-state index is 4.31. The van der Waals surface area contributed by atoms with Crippen molar-refractivity contribution in [3.8, 4) is 0 Å². The predicted molar refractivity (Wildman–Crippen MR) is 80.4 cm³/mol. The Labute approximate surface area is 115 Å². The molecular weight excluding hydrogens is 232 g/mol. The van der Waals surface area contributed by atoms with Crippen LogP contribution >= 0.6 is 0 Å². The summed E-state index contributed by atoms with van der Waals surface area (Å²) in [4.78, 5) is 4.31. The number of benzene rings is 1. The van der Waals surface area contributed by atoms with Crippen LogP contribution in [0.15, 0.2) is 36.7 Å². The van der Waals surface area contributed by atoms with Crippen LogP contribution in [0.4, 0.5) is 0 Å². The maximum atomic E-state index is 4.31. The third-order valence-corrected chi connectivity index (χ3v) is 3.50. The van der Waals surface area contributed by atoms with Gasteiger partial charge in [0.25, 0.3) is 0 Å². The lowest BCUT2D eigenvalue weighted by molar-refractivity contribution is 0.627. The van der Waals surface area contributed by atoms with Crippen LogP contribution in [0.25, 0.3) is 0 Å². The number of aromatic nitrogens is 1. The number of hydrogen-bond acceptors (Lipinski definition) is 2. The second-order valence-electron chi connectivity index (χ2n) is 5.13. The van der Waals surface area contributed by atoms with Crippen molar-refractivity contribution in [1.29, 1.82) is 0 Å². The van der Waals surface area contributed by atoms with E-state index in [1.54, 1.807) is 0 Å². The molecular formula is C17H22N2. The molecule has 0 aliphatic rings. The molecule has 1 aromatic carbocycles. The monoisotopic (exact) mass is 254 g/mol. The van der Waals surface area contributed by atoms with Crippen LogP contribution in [0.5, 0.6) is 0 Å². The minimum Gasteiger partial charge on any atom is -0.306 e. The molecule has 1 aromatic heterocycles. The third kappa shape index (κ3) is 3.21. The van der Waals surface area contributed by atoms with E-state index >= 15 is 0 Å². The summed E-state index contributed by atoms with van der Waals surface area (Å²) in [6, 6.07) is 9.09. The highest BCUT2D eigenvalue weighted by Crippen LogP contribution is 2.24.